The molecule has 3 aromatic rings. The summed E-state index contributed by atoms with van der Waals surface area (Å²) in [6, 6.07) is 5.28. The summed E-state index contributed by atoms with van der Waals surface area (Å²) in [4.78, 5) is 21.1. The van der Waals surface area contributed by atoms with E-state index in [-0.39, 0.29) is 17.9 Å². The van der Waals surface area contributed by atoms with Crippen molar-refractivity contribution in [1.82, 2.24) is 24.9 Å². The van der Waals surface area contributed by atoms with Gasteiger partial charge in [-0.1, -0.05) is 0 Å². The van der Waals surface area contributed by atoms with E-state index in [0.717, 1.165) is 22.5 Å². The SMILES string of the molecule is COc1ccc(OC)c(C(C)NC(=O)CCc2c(C)nc3nc(N)nn3c2C)c1. The number of methoxy groups -OCH3 is 2. The van der Waals surface area contributed by atoms with Crippen molar-refractivity contribution < 1.29 is 14.3 Å². The fourth-order valence-corrected chi connectivity index (χ4v) is 3.39. The van der Waals surface area contributed by atoms with Gasteiger partial charge in [0.1, 0.15) is 11.5 Å². The Labute approximate surface area is 169 Å². The maximum atomic E-state index is 12.6. The van der Waals surface area contributed by atoms with Crippen LogP contribution in [0.4, 0.5) is 5.95 Å². The summed E-state index contributed by atoms with van der Waals surface area (Å²) in [7, 11) is 3.21. The van der Waals surface area contributed by atoms with Gasteiger partial charge >= 0.3 is 0 Å². The summed E-state index contributed by atoms with van der Waals surface area (Å²) in [5.41, 5.74) is 9.19. The quantitative estimate of drug-likeness (QED) is 0.626. The van der Waals surface area contributed by atoms with Crippen molar-refractivity contribution in [3.8, 4) is 11.5 Å². The lowest BCUT2D eigenvalue weighted by molar-refractivity contribution is -0.121. The van der Waals surface area contributed by atoms with Crippen LogP contribution in [0.15, 0.2) is 18.2 Å². The van der Waals surface area contributed by atoms with Crippen LogP contribution in [0.2, 0.25) is 0 Å². The number of hydrogen-bond acceptors (Lipinski definition) is 7. The maximum Gasteiger partial charge on any atom is 0.254 e. The van der Waals surface area contributed by atoms with Gasteiger partial charge in [0.2, 0.25) is 11.9 Å². The molecule has 0 aliphatic carbocycles. The van der Waals surface area contributed by atoms with E-state index in [4.69, 9.17) is 15.2 Å². The Hall–Kier alpha value is -3.36. The van der Waals surface area contributed by atoms with E-state index >= 15 is 0 Å². The van der Waals surface area contributed by atoms with E-state index in [1.807, 2.05) is 39.0 Å². The summed E-state index contributed by atoms with van der Waals surface area (Å²) in [5.74, 6) is 1.98. The van der Waals surface area contributed by atoms with Crippen molar-refractivity contribution >= 4 is 17.6 Å². The molecule has 0 saturated carbocycles. The Bertz CT molecular complexity index is 1050. The van der Waals surface area contributed by atoms with Gasteiger partial charge in [0.15, 0.2) is 0 Å². The van der Waals surface area contributed by atoms with Gasteiger partial charge in [-0.25, -0.2) is 4.98 Å². The summed E-state index contributed by atoms with van der Waals surface area (Å²) < 4.78 is 12.3. The molecule has 2 heterocycles. The molecule has 0 radical (unpaired) electrons. The average molecular weight is 398 g/mol. The Morgan fingerprint density at radius 2 is 2.00 bits per heavy atom. The highest BCUT2D eigenvalue weighted by molar-refractivity contribution is 5.77. The summed E-state index contributed by atoms with van der Waals surface area (Å²) in [6.45, 7) is 5.74. The van der Waals surface area contributed by atoms with Crippen molar-refractivity contribution in [3.05, 3.63) is 40.7 Å². The number of carbonyl (C=O) groups excluding carboxylic acids is 1. The van der Waals surface area contributed by atoms with Gasteiger partial charge in [0, 0.05) is 23.4 Å². The highest BCUT2D eigenvalue weighted by Gasteiger charge is 2.17. The number of amides is 1. The molecule has 1 amide bonds. The normalized spacial score (nSPS) is 12.0. The first kappa shape index (κ1) is 20.4. The van der Waals surface area contributed by atoms with Crippen molar-refractivity contribution in [2.75, 3.05) is 20.0 Å². The van der Waals surface area contributed by atoms with Crippen LogP contribution >= 0.6 is 0 Å². The van der Waals surface area contributed by atoms with Gasteiger partial charge in [0.25, 0.3) is 5.78 Å². The lowest BCUT2D eigenvalue weighted by Gasteiger charge is -2.18. The van der Waals surface area contributed by atoms with E-state index in [1.165, 1.54) is 0 Å². The van der Waals surface area contributed by atoms with Crippen molar-refractivity contribution in [2.45, 2.75) is 39.7 Å². The molecule has 1 atom stereocenters. The topological polar surface area (TPSA) is 117 Å². The number of fused-ring (bicyclic) bond motifs is 1. The van der Waals surface area contributed by atoms with Gasteiger partial charge in [-0.2, -0.15) is 9.50 Å². The molecule has 3 rings (SSSR count). The molecule has 154 valence electrons. The number of nitrogens with two attached hydrogens (primary N) is 1. The maximum absolute atomic E-state index is 12.6. The number of aromatic nitrogens is 4. The number of nitrogen functional groups attached to an aromatic ring is 1. The highest BCUT2D eigenvalue weighted by atomic mass is 16.5. The molecule has 1 aromatic carbocycles. The number of nitrogens with one attached hydrogen (secondary N) is 1. The molecular formula is C20H26N6O3. The van der Waals surface area contributed by atoms with E-state index in [0.29, 0.717) is 30.1 Å². The van der Waals surface area contributed by atoms with E-state index in [9.17, 15) is 4.79 Å². The molecule has 0 bridgehead atoms. The number of hydrogen-bond donors (Lipinski definition) is 2. The van der Waals surface area contributed by atoms with Crippen LogP contribution in [0.5, 0.6) is 11.5 Å². The molecule has 9 nitrogen and oxygen atoms in total. The minimum absolute atomic E-state index is 0.0700. The van der Waals surface area contributed by atoms with E-state index in [1.54, 1.807) is 18.7 Å². The fraction of sp³-hybridized carbons (Fsp3) is 0.400. The lowest BCUT2D eigenvalue weighted by Crippen LogP contribution is -2.27. The summed E-state index contributed by atoms with van der Waals surface area (Å²) in [6.07, 6.45) is 0.851. The van der Waals surface area contributed by atoms with E-state index < -0.39 is 0 Å². The van der Waals surface area contributed by atoms with Crippen LogP contribution in [-0.2, 0) is 11.2 Å². The smallest absolute Gasteiger partial charge is 0.254 e. The van der Waals surface area contributed by atoms with Crippen molar-refractivity contribution in [1.29, 1.82) is 0 Å². The zero-order valence-corrected chi connectivity index (χ0v) is 17.3. The van der Waals surface area contributed by atoms with Gasteiger partial charge in [-0.05, 0) is 51.0 Å². The molecule has 1 unspecified atom stereocenters. The number of carbonyl (C=O) groups is 1. The second-order valence-electron chi connectivity index (χ2n) is 6.84. The fourth-order valence-electron chi connectivity index (χ4n) is 3.39. The Balaban J connectivity index is 1.71. The summed E-state index contributed by atoms with van der Waals surface area (Å²) in [5, 5.41) is 7.18. The minimum Gasteiger partial charge on any atom is -0.497 e. The molecule has 0 aliphatic heterocycles. The number of benzene rings is 1. The highest BCUT2D eigenvalue weighted by Crippen LogP contribution is 2.29. The van der Waals surface area contributed by atoms with Crippen LogP contribution in [0.1, 0.15) is 41.9 Å². The largest absolute Gasteiger partial charge is 0.497 e. The van der Waals surface area contributed by atoms with Crippen LogP contribution in [0.25, 0.3) is 5.78 Å². The molecular weight excluding hydrogens is 372 g/mol. The molecule has 0 fully saturated rings. The van der Waals surface area contributed by atoms with Gasteiger partial charge < -0.3 is 20.5 Å². The van der Waals surface area contributed by atoms with Crippen LogP contribution in [0.3, 0.4) is 0 Å². The third kappa shape index (κ3) is 4.23. The third-order valence-corrected chi connectivity index (χ3v) is 4.95. The lowest BCUT2D eigenvalue weighted by atomic mass is 10.0. The molecule has 29 heavy (non-hydrogen) atoms. The predicted octanol–water partition coefficient (Wildman–Crippen LogP) is 2.15. The van der Waals surface area contributed by atoms with Crippen LogP contribution < -0.4 is 20.5 Å². The third-order valence-electron chi connectivity index (χ3n) is 4.95. The predicted molar refractivity (Wildman–Crippen MR) is 109 cm³/mol. The van der Waals surface area contributed by atoms with Gasteiger partial charge in [-0.3, -0.25) is 4.79 Å². The van der Waals surface area contributed by atoms with Crippen molar-refractivity contribution in [2.24, 2.45) is 0 Å². The number of aryl methyl sites for hydroxylation is 2. The second kappa shape index (κ2) is 8.34. The Morgan fingerprint density at radius 1 is 1.24 bits per heavy atom. The second-order valence-corrected chi connectivity index (χ2v) is 6.84. The first-order chi connectivity index (χ1) is 13.8. The zero-order valence-electron chi connectivity index (χ0n) is 17.3. The first-order valence-corrected chi connectivity index (χ1v) is 9.33. The summed E-state index contributed by atoms with van der Waals surface area (Å²) >= 11 is 0. The average Bonchev–Trinajstić information content (AvgIpc) is 3.07. The van der Waals surface area contributed by atoms with Crippen LogP contribution in [-0.4, -0.2) is 39.7 Å². The van der Waals surface area contributed by atoms with Gasteiger partial charge in [0.05, 0.1) is 20.3 Å². The first-order valence-electron chi connectivity index (χ1n) is 9.33. The Kier molecular flexibility index (Phi) is 5.86. The monoisotopic (exact) mass is 398 g/mol. The standard InChI is InChI=1S/C20H26N6O3/c1-11-15(13(3)26-20(23-11)24-19(21)25-26)7-9-18(27)22-12(2)16-10-14(28-4)6-8-17(16)29-5/h6,8,10,12H,7,9H2,1-5H3,(H2,21,25)(H,22,27). The molecule has 2 aromatic heterocycles. The van der Waals surface area contributed by atoms with E-state index in [2.05, 4.69) is 20.4 Å². The van der Waals surface area contributed by atoms with Gasteiger partial charge in [-0.15, -0.1) is 5.10 Å². The number of nitrogens with zero attached hydrogens (tertiary/aromatic N) is 4. The molecule has 9 heteroatoms. The molecule has 0 spiro atoms. The minimum atomic E-state index is -0.231. The zero-order chi connectivity index (χ0) is 21.1. The molecule has 0 aliphatic rings. The number of ether oxygens (including phenoxy) is 2. The van der Waals surface area contributed by atoms with Crippen molar-refractivity contribution in [3.63, 3.8) is 0 Å². The Morgan fingerprint density at radius 3 is 2.69 bits per heavy atom. The number of anilines is 1. The molecule has 3 N–H and O–H groups in total. The van der Waals surface area contributed by atoms with Crippen LogP contribution in [0, 0.1) is 13.8 Å². The molecule has 0 saturated heterocycles. The number of rotatable bonds is 7.